The van der Waals surface area contributed by atoms with E-state index in [0.29, 0.717) is 0 Å². The number of para-hydroxylation sites is 2. The summed E-state index contributed by atoms with van der Waals surface area (Å²) in [5.41, 5.74) is 13.7. The van der Waals surface area contributed by atoms with E-state index in [9.17, 15) is 0 Å². The smallest absolute Gasteiger partial charge is 0.0542 e. The molecule has 0 bridgehead atoms. The highest BCUT2D eigenvalue weighted by Gasteiger charge is 2.27. The van der Waals surface area contributed by atoms with Gasteiger partial charge in [-0.15, -0.1) is 11.3 Å². The van der Waals surface area contributed by atoms with Crippen molar-refractivity contribution < 1.29 is 0 Å². The number of nitrogens with zero attached hydrogens (tertiary/aromatic N) is 2. The van der Waals surface area contributed by atoms with Gasteiger partial charge < -0.3 is 9.80 Å². The molecule has 0 fully saturated rings. The maximum Gasteiger partial charge on any atom is 0.0542 e. The second kappa shape index (κ2) is 17.6. The maximum atomic E-state index is 2.47. The highest BCUT2D eigenvalue weighted by atomic mass is 32.1. The van der Waals surface area contributed by atoms with E-state index in [1.54, 1.807) is 0 Å². The minimum absolute atomic E-state index is 1.06. The van der Waals surface area contributed by atoms with Gasteiger partial charge in [0.2, 0.25) is 0 Å². The van der Waals surface area contributed by atoms with Gasteiger partial charge >= 0.3 is 0 Å². The zero-order valence-electron chi connectivity index (χ0n) is 40.9. The largest absolute Gasteiger partial charge is 0.310 e. The third kappa shape index (κ3) is 7.01. The average molecular weight is 971 g/mol. The summed E-state index contributed by atoms with van der Waals surface area (Å²) in [6.45, 7) is 0. The quantitative estimate of drug-likeness (QED) is 0.170. The maximum absolute atomic E-state index is 2.47. The van der Waals surface area contributed by atoms with Gasteiger partial charge in [0, 0.05) is 54.0 Å². The van der Waals surface area contributed by atoms with Crippen LogP contribution in [0.4, 0.5) is 34.1 Å². The normalized spacial score (nSPS) is 12.0. The average Bonchev–Trinajstić information content (AvgIpc) is 3.83. The van der Waals surface area contributed by atoms with Crippen molar-refractivity contribution in [1.82, 2.24) is 0 Å². The molecule has 1 aliphatic heterocycles. The van der Waals surface area contributed by atoms with Crippen molar-refractivity contribution in [3.63, 3.8) is 0 Å². The van der Waals surface area contributed by atoms with Crippen molar-refractivity contribution in [1.29, 1.82) is 0 Å². The van der Waals surface area contributed by atoms with E-state index in [0.717, 1.165) is 39.7 Å². The molecular formula is C72H46N2S. The minimum atomic E-state index is 1.06. The molecule has 13 aromatic carbocycles. The summed E-state index contributed by atoms with van der Waals surface area (Å²) >= 11 is 1.88. The Balaban J connectivity index is 1.07. The van der Waals surface area contributed by atoms with Crippen LogP contribution in [-0.4, -0.2) is 0 Å². The van der Waals surface area contributed by atoms with Gasteiger partial charge in [-0.1, -0.05) is 206 Å². The zero-order valence-corrected chi connectivity index (χ0v) is 41.7. The molecule has 0 radical (unpaired) electrons. The summed E-state index contributed by atoms with van der Waals surface area (Å²) < 4.78 is 2.57. The Morgan fingerprint density at radius 3 is 1.40 bits per heavy atom. The molecule has 0 saturated heterocycles. The molecule has 0 aliphatic carbocycles. The molecular weight excluding hydrogens is 925 g/mol. The van der Waals surface area contributed by atoms with E-state index >= 15 is 0 Å². The van der Waals surface area contributed by atoms with E-state index in [1.807, 2.05) is 11.3 Å². The van der Waals surface area contributed by atoms with Crippen molar-refractivity contribution in [3.05, 3.63) is 279 Å². The van der Waals surface area contributed by atoms with Crippen LogP contribution >= 0.6 is 11.3 Å². The Morgan fingerprint density at radius 2 is 0.707 bits per heavy atom. The minimum Gasteiger partial charge on any atom is -0.310 e. The molecule has 0 spiro atoms. The molecule has 15 rings (SSSR count). The zero-order chi connectivity index (χ0) is 49.4. The number of rotatable bonds is 5. The van der Waals surface area contributed by atoms with Crippen LogP contribution in [0.3, 0.4) is 0 Å². The summed E-state index contributed by atoms with van der Waals surface area (Å²) in [6.07, 6.45) is 0. The number of benzene rings is 12. The molecule has 2 nitrogen and oxygen atoms in total. The number of thiophene rings is 1. The van der Waals surface area contributed by atoms with Gasteiger partial charge in [0.25, 0.3) is 0 Å². The van der Waals surface area contributed by atoms with Crippen LogP contribution in [0.5, 0.6) is 0 Å². The first-order valence-corrected chi connectivity index (χ1v) is 26.6. The Hall–Kier alpha value is -9.54. The molecule has 1 aromatic heterocycles. The van der Waals surface area contributed by atoms with Crippen LogP contribution in [0.15, 0.2) is 279 Å². The summed E-state index contributed by atoms with van der Waals surface area (Å²) in [5, 5.41) is 14.7. The van der Waals surface area contributed by atoms with Crippen LogP contribution in [0.2, 0.25) is 0 Å². The number of anilines is 6. The standard InChI is InChI=1S/C72H46N2S/c1-3-19-47(20-4-1)48-35-37-50(38-36-48)73(52-40-43-68-66(46-52)59-29-12-11-27-57(59)61-30-15-17-33-67(61)74(68)49-21-5-2-6-22-49)51-39-41-60-56-26-10-8-24-54(56)53-23-7-9-25-55(53)58-28-13-14-31-62(58)71-63(65(60)45-51)42-44-70-72(71)64-32-16-18-34-69(64)75-70/h1-46H. The van der Waals surface area contributed by atoms with Gasteiger partial charge in [-0.2, -0.15) is 0 Å². The Morgan fingerprint density at radius 1 is 0.253 bits per heavy atom. The fourth-order valence-electron chi connectivity index (χ4n) is 12.1. The summed E-state index contributed by atoms with van der Waals surface area (Å²) in [7, 11) is 0. The molecule has 1 aliphatic rings. The molecule has 3 heteroatoms. The monoisotopic (exact) mass is 970 g/mol. The van der Waals surface area contributed by atoms with Crippen LogP contribution in [0.25, 0.3) is 107 Å². The summed E-state index contributed by atoms with van der Waals surface area (Å²) in [4.78, 5) is 4.90. The highest BCUT2D eigenvalue weighted by Crippen LogP contribution is 2.53. The lowest BCUT2D eigenvalue weighted by Crippen LogP contribution is -2.13. The fourth-order valence-corrected chi connectivity index (χ4v) is 13.2. The highest BCUT2D eigenvalue weighted by molar-refractivity contribution is 7.26. The third-order valence-electron chi connectivity index (χ3n) is 15.4. The molecule has 75 heavy (non-hydrogen) atoms. The van der Waals surface area contributed by atoms with E-state index < -0.39 is 0 Å². The first-order valence-electron chi connectivity index (χ1n) is 25.7. The van der Waals surface area contributed by atoms with Crippen LogP contribution in [0, 0.1) is 0 Å². The van der Waals surface area contributed by atoms with Gasteiger partial charge in [-0.05, 0) is 149 Å². The van der Waals surface area contributed by atoms with E-state index in [1.165, 1.54) is 102 Å². The van der Waals surface area contributed by atoms with E-state index in [-0.39, 0.29) is 0 Å². The second-order valence-corrected chi connectivity index (χ2v) is 20.6. The summed E-state index contributed by atoms with van der Waals surface area (Å²) in [6, 6.07) is 103. The van der Waals surface area contributed by atoms with E-state index in [2.05, 4.69) is 289 Å². The van der Waals surface area contributed by atoms with Gasteiger partial charge in [0.1, 0.15) is 0 Å². The summed E-state index contributed by atoms with van der Waals surface area (Å²) in [5.74, 6) is 0. The fraction of sp³-hybridized carbons (Fsp3) is 0. The Kier molecular flexibility index (Phi) is 10.1. The van der Waals surface area contributed by atoms with Crippen molar-refractivity contribution in [3.8, 4) is 33.4 Å². The van der Waals surface area contributed by atoms with Gasteiger partial charge in [-0.25, -0.2) is 0 Å². The number of hydrogen-bond acceptors (Lipinski definition) is 3. The molecule has 350 valence electrons. The van der Waals surface area contributed by atoms with Crippen LogP contribution in [-0.2, 0) is 0 Å². The van der Waals surface area contributed by atoms with Crippen molar-refractivity contribution in [2.45, 2.75) is 0 Å². The molecule has 0 unspecified atom stereocenters. The predicted octanol–water partition coefficient (Wildman–Crippen LogP) is 21.2. The van der Waals surface area contributed by atoms with Gasteiger partial charge in [0.15, 0.2) is 0 Å². The molecule has 0 N–H and O–H groups in total. The van der Waals surface area contributed by atoms with Gasteiger partial charge in [0.05, 0.1) is 11.4 Å². The van der Waals surface area contributed by atoms with Crippen LogP contribution < -0.4 is 9.80 Å². The van der Waals surface area contributed by atoms with Gasteiger partial charge in [-0.3, -0.25) is 0 Å². The SMILES string of the molecule is c1ccc(-c2ccc(N(c3ccc4c(c3)-c3ccccc3-c3ccccc3N4c3ccccc3)c3ccc4c5ccccc5c5ccccc5c5ccccc5c5c(ccc6sc7ccccc7c65)c4c3)cc2)cc1. The number of hydrogen-bond donors (Lipinski definition) is 0. The van der Waals surface area contributed by atoms with Crippen molar-refractivity contribution in [2.24, 2.45) is 0 Å². The number of fused-ring (bicyclic) bond motifs is 19. The molecule has 0 saturated carbocycles. The lowest BCUT2D eigenvalue weighted by molar-refractivity contribution is 1.27. The second-order valence-electron chi connectivity index (χ2n) is 19.5. The molecule has 2 heterocycles. The molecule has 14 aromatic rings. The van der Waals surface area contributed by atoms with Crippen molar-refractivity contribution >= 4 is 119 Å². The molecule has 0 atom stereocenters. The van der Waals surface area contributed by atoms with Crippen LogP contribution in [0.1, 0.15) is 0 Å². The first kappa shape index (κ1) is 43.1. The third-order valence-corrected chi connectivity index (χ3v) is 16.5. The lowest BCUT2D eigenvalue weighted by Gasteiger charge is -2.30. The van der Waals surface area contributed by atoms with Crippen molar-refractivity contribution in [2.75, 3.05) is 9.80 Å². The first-order chi connectivity index (χ1) is 37.2. The Labute approximate surface area is 439 Å². The topological polar surface area (TPSA) is 6.48 Å². The van der Waals surface area contributed by atoms with E-state index in [4.69, 9.17) is 0 Å². The Bertz CT molecular complexity index is 4650. The molecule has 0 amide bonds. The predicted molar refractivity (Wildman–Crippen MR) is 324 cm³/mol. The lowest BCUT2D eigenvalue weighted by atomic mass is 9.92.